The standard InChI is InChI=1S/C7H9NO2/c1-5(2)7(9)10-6(3)8-4/h6H,1H2,2-3H3. The molecule has 0 spiro atoms. The topological polar surface area (TPSA) is 30.7 Å². The first-order valence-corrected chi connectivity index (χ1v) is 2.81. The minimum Gasteiger partial charge on any atom is -0.388 e. The van der Waals surface area contributed by atoms with Crippen LogP contribution in [0.25, 0.3) is 4.85 Å². The van der Waals surface area contributed by atoms with Gasteiger partial charge >= 0.3 is 12.2 Å². The van der Waals surface area contributed by atoms with Crippen LogP contribution >= 0.6 is 0 Å². The Morgan fingerprint density at radius 1 is 1.80 bits per heavy atom. The van der Waals surface area contributed by atoms with E-state index in [9.17, 15) is 4.79 Å². The quantitative estimate of drug-likeness (QED) is 0.328. The molecule has 0 bridgehead atoms. The summed E-state index contributed by atoms with van der Waals surface area (Å²) in [6, 6.07) is 0. The number of ether oxygens (including phenoxy) is 1. The molecule has 0 rings (SSSR count). The molecule has 54 valence electrons. The minimum absolute atomic E-state index is 0.315. The average molecular weight is 139 g/mol. The molecule has 3 nitrogen and oxygen atoms in total. The number of carbonyl (C=O) groups is 1. The number of carbonyl (C=O) groups excluding carboxylic acids is 1. The van der Waals surface area contributed by atoms with Crippen LogP contribution in [0.2, 0.25) is 0 Å². The molecule has 0 aliphatic rings. The van der Waals surface area contributed by atoms with Gasteiger partial charge in [-0.25, -0.2) is 11.4 Å². The smallest absolute Gasteiger partial charge is 0.366 e. The summed E-state index contributed by atoms with van der Waals surface area (Å²) in [5, 5.41) is 0. The second-order valence-electron chi connectivity index (χ2n) is 1.91. The summed E-state index contributed by atoms with van der Waals surface area (Å²) < 4.78 is 4.57. The van der Waals surface area contributed by atoms with Gasteiger partial charge in [-0.05, 0) is 6.92 Å². The van der Waals surface area contributed by atoms with Gasteiger partial charge in [0.1, 0.15) is 0 Å². The maximum Gasteiger partial charge on any atom is 0.366 e. The summed E-state index contributed by atoms with van der Waals surface area (Å²) in [4.78, 5) is 13.6. The third kappa shape index (κ3) is 2.88. The lowest BCUT2D eigenvalue weighted by Crippen LogP contribution is -2.11. The van der Waals surface area contributed by atoms with Crippen molar-refractivity contribution in [1.82, 2.24) is 0 Å². The highest BCUT2D eigenvalue weighted by Gasteiger charge is 2.10. The van der Waals surface area contributed by atoms with E-state index in [-0.39, 0.29) is 0 Å². The fourth-order valence-electron chi connectivity index (χ4n) is 0.282. The van der Waals surface area contributed by atoms with Gasteiger partial charge in [-0.15, -0.1) is 0 Å². The Morgan fingerprint density at radius 2 is 2.30 bits per heavy atom. The van der Waals surface area contributed by atoms with E-state index in [0.717, 1.165) is 0 Å². The minimum atomic E-state index is -0.704. The molecule has 1 atom stereocenters. The van der Waals surface area contributed by atoms with Gasteiger partial charge in [0, 0.05) is 5.57 Å². The lowest BCUT2D eigenvalue weighted by Gasteiger charge is -2.00. The molecule has 3 heteroatoms. The number of rotatable bonds is 2. The zero-order valence-corrected chi connectivity index (χ0v) is 6.05. The van der Waals surface area contributed by atoms with E-state index in [0.29, 0.717) is 5.57 Å². The SMILES string of the molecule is [C-]#[N+]C(C)OC(=O)C(=C)C. The van der Waals surface area contributed by atoms with E-state index >= 15 is 0 Å². The average Bonchev–Trinajstić information content (AvgIpc) is 1.87. The van der Waals surface area contributed by atoms with Crippen molar-refractivity contribution < 1.29 is 9.53 Å². The highest BCUT2D eigenvalue weighted by Crippen LogP contribution is 1.97. The number of hydrogen-bond donors (Lipinski definition) is 0. The van der Waals surface area contributed by atoms with Crippen molar-refractivity contribution in [3.8, 4) is 0 Å². The van der Waals surface area contributed by atoms with Crippen molar-refractivity contribution in [1.29, 1.82) is 0 Å². The van der Waals surface area contributed by atoms with Crippen LogP contribution in [0.15, 0.2) is 12.2 Å². The lowest BCUT2D eigenvalue weighted by atomic mass is 10.4. The molecule has 0 radical (unpaired) electrons. The predicted molar refractivity (Wildman–Crippen MR) is 37.0 cm³/mol. The predicted octanol–water partition coefficient (Wildman–Crippen LogP) is 1.37. The summed E-state index contributed by atoms with van der Waals surface area (Å²) in [7, 11) is 0. The van der Waals surface area contributed by atoms with Crippen LogP contribution in [-0.2, 0) is 9.53 Å². The molecule has 0 aromatic carbocycles. The maximum atomic E-state index is 10.6. The monoisotopic (exact) mass is 139 g/mol. The second-order valence-corrected chi connectivity index (χ2v) is 1.91. The Balaban J connectivity index is 3.83. The zero-order chi connectivity index (χ0) is 8.15. The summed E-state index contributed by atoms with van der Waals surface area (Å²) in [5.41, 5.74) is 0.315. The summed E-state index contributed by atoms with van der Waals surface area (Å²) in [6.45, 7) is 12.9. The molecular weight excluding hydrogens is 130 g/mol. The fourth-order valence-corrected chi connectivity index (χ4v) is 0.282. The third-order valence-electron chi connectivity index (χ3n) is 0.808. The second kappa shape index (κ2) is 3.67. The molecule has 0 aliphatic carbocycles. The summed E-state index contributed by atoms with van der Waals surface area (Å²) in [5.74, 6) is -0.511. The first-order valence-electron chi connectivity index (χ1n) is 2.81. The Morgan fingerprint density at radius 3 is 2.60 bits per heavy atom. The molecule has 0 heterocycles. The molecule has 10 heavy (non-hydrogen) atoms. The van der Waals surface area contributed by atoms with Crippen molar-refractivity contribution in [2.24, 2.45) is 0 Å². The Labute approximate surface area is 60.1 Å². The maximum absolute atomic E-state index is 10.6. The van der Waals surface area contributed by atoms with Gasteiger partial charge in [0.15, 0.2) is 0 Å². The lowest BCUT2D eigenvalue weighted by molar-refractivity contribution is -0.141. The van der Waals surface area contributed by atoms with Crippen LogP contribution in [0.3, 0.4) is 0 Å². The molecule has 0 aromatic heterocycles. The highest BCUT2D eigenvalue weighted by atomic mass is 16.6. The van der Waals surface area contributed by atoms with Crippen molar-refractivity contribution in [2.45, 2.75) is 20.1 Å². The van der Waals surface area contributed by atoms with Crippen LogP contribution in [0.1, 0.15) is 13.8 Å². The molecule has 0 saturated carbocycles. The Bertz CT molecular complexity index is 190. The van der Waals surface area contributed by atoms with Gasteiger partial charge in [-0.2, -0.15) is 0 Å². The van der Waals surface area contributed by atoms with Crippen molar-refractivity contribution in [3.63, 3.8) is 0 Å². The van der Waals surface area contributed by atoms with Crippen molar-refractivity contribution in [3.05, 3.63) is 23.6 Å². The number of hydrogen-bond acceptors (Lipinski definition) is 2. The van der Waals surface area contributed by atoms with Gasteiger partial charge in [-0.1, -0.05) is 6.58 Å². The summed E-state index contributed by atoms with van der Waals surface area (Å²) in [6.07, 6.45) is -0.704. The van der Waals surface area contributed by atoms with Gasteiger partial charge in [-0.3, -0.25) is 4.85 Å². The molecule has 0 aromatic rings. The largest absolute Gasteiger partial charge is 0.388 e. The third-order valence-corrected chi connectivity index (χ3v) is 0.808. The van der Waals surface area contributed by atoms with Crippen molar-refractivity contribution in [2.75, 3.05) is 0 Å². The van der Waals surface area contributed by atoms with E-state index < -0.39 is 12.2 Å². The van der Waals surface area contributed by atoms with Crippen molar-refractivity contribution >= 4 is 5.97 Å². The summed E-state index contributed by atoms with van der Waals surface area (Å²) >= 11 is 0. The molecule has 0 N–H and O–H groups in total. The van der Waals surface area contributed by atoms with E-state index in [1.54, 1.807) is 6.92 Å². The number of nitrogens with zero attached hydrogens (tertiary/aromatic N) is 1. The highest BCUT2D eigenvalue weighted by molar-refractivity contribution is 5.87. The van der Waals surface area contributed by atoms with Crippen LogP contribution in [0, 0.1) is 6.57 Å². The normalized spacial score (nSPS) is 11.3. The van der Waals surface area contributed by atoms with Crippen LogP contribution in [0.4, 0.5) is 0 Å². The van der Waals surface area contributed by atoms with E-state index in [2.05, 4.69) is 16.2 Å². The van der Waals surface area contributed by atoms with Gasteiger partial charge < -0.3 is 4.74 Å². The number of esters is 1. The van der Waals surface area contributed by atoms with E-state index in [1.807, 2.05) is 0 Å². The Kier molecular flexibility index (Phi) is 3.20. The first kappa shape index (κ1) is 8.70. The molecular formula is C7H9NO2. The molecule has 0 aliphatic heterocycles. The van der Waals surface area contributed by atoms with Crippen LogP contribution in [0.5, 0.6) is 0 Å². The molecule has 0 fully saturated rings. The van der Waals surface area contributed by atoms with Crippen LogP contribution < -0.4 is 0 Å². The van der Waals surface area contributed by atoms with Gasteiger partial charge in [0.2, 0.25) is 0 Å². The molecule has 0 amide bonds. The van der Waals surface area contributed by atoms with Gasteiger partial charge in [0.25, 0.3) is 0 Å². The van der Waals surface area contributed by atoms with Gasteiger partial charge in [0.05, 0.1) is 6.92 Å². The molecule has 0 saturated heterocycles. The van der Waals surface area contributed by atoms with Crippen LogP contribution in [-0.4, -0.2) is 12.2 Å². The zero-order valence-electron chi connectivity index (χ0n) is 6.05. The Hall–Kier alpha value is -1.30. The fraction of sp³-hybridized carbons (Fsp3) is 0.429. The van der Waals surface area contributed by atoms with E-state index in [1.165, 1.54) is 6.92 Å². The van der Waals surface area contributed by atoms with E-state index in [4.69, 9.17) is 6.57 Å². The first-order chi connectivity index (χ1) is 4.57. The molecule has 1 unspecified atom stereocenters.